The van der Waals surface area contributed by atoms with Gasteiger partial charge in [-0.25, -0.2) is 4.79 Å². The Morgan fingerprint density at radius 2 is 1.61 bits per heavy atom. The fourth-order valence-corrected chi connectivity index (χ4v) is 7.38. The Morgan fingerprint density at radius 3 is 2.32 bits per heavy atom. The van der Waals surface area contributed by atoms with E-state index in [0.717, 1.165) is 32.1 Å². The van der Waals surface area contributed by atoms with Gasteiger partial charge in [-0.05, 0) is 76.0 Å². The van der Waals surface area contributed by atoms with Crippen LogP contribution < -0.4 is 16.0 Å². The molecule has 5 unspecified atom stereocenters. The summed E-state index contributed by atoms with van der Waals surface area (Å²) in [6.07, 6.45) is 10.7. The van der Waals surface area contributed by atoms with E-state index in [-0.39, 0.29) is 73.3 Å². The van der Waals surface area contributed by atoms with Crippen molar-refractivity contribution in [2.45, 2.75) is 121 Å². The number of urea groups is 1. The molecule has 1 aliphatic heterocycles. The van der Waals surface area contributed by atoms with E-state index in [2.05, 4.69) is 22.9 Å². The van der Waals surface area contributed by atoms with Crippen molar-refractivity contribution in [1.82, 2.24) is 25.8 Å². The minimum Gasteiger partial charge on any atom is -0.481 e. The molecule has 41 heavy (non-hydrogen) atoms. The van der Waals surface area contributed by atoms with Crippen molar-refractivity contribution in [3.63, 3.8) is 0 Å². The predicted molar refractivity (Wildman–Crippen MR) is 153 cm³/mol. The number of nitrogens with zero attached hydrogens (tertiary/aromatic N) is 2. The molecule has 5 atom stereocenters. The maximum absolute atomic E-state index is 13.4. The first-order chi connectivity index (χ1) is 19.6. The van der Waals surface area contributed by atoms with Gasteiger partial charge in [0.05, 0.1) is 12.5 Å². The number of carboxylic acids is 1. The number of carboxylic acid groups (broad SMARTS) is 1. The highest BCUT2D eigenvalue weighted by Gasteiger charge is 2.44. The first kappa shape index (κ1) is 31.1. The average Bonchev–Trinajstić information content (AvgIpc) is 3.01. The summed E-state index contributed by atoms with van der Waals surface area (Å²) in [7, 11) is 1.73. The molecule has 0 bridgehead atoms. The fourth-order valence-electron chi connectivity index (χ4n) is 7.38. The van der Waals surface area contributed by atoms with Crippen LogP contribution in [-0.4, -0.2) is 88.9 Å². The van der Waals surface area contributed by atoms with Gasteiger partial charge >= 0.3 is 12.0 Å². The number of nitrogens with one attached hydrogen (secondary N) is 3. The topological polar surface area (TPSA) is 148 Å². The molecule has 4 fully saturated rings. The largest absolute Gasteiger partial charge is 0.481 e. The Morgan fingerprint density at radius 1 is 0.902 bits per heavy atom. The quantitative estimate of drug-likeness (QED) is 0.332. The van der Waals surface area contributed by atoms with Crippen LogP contribution in [-0.2, 0) is 19.2 Å². The Kier molecular flexibility index (Phi) is 10.9. The first-order valence-electron chi connectivity index (χ1n) is 15.7. The van der Waals surface area contributed by atoms with Crippen molar-refractivity contribution in [2.75, 3.05) is 20.1 Å². The second-order valence-corrected chi connectivity index (χ2v) is 12.9. The Balaban J connectivity index is 1.20. The number of fused-ring (bicyclic) bond motifs is 1. The molecule has 0 aromatic heterocycles. The number of carbonyl (C=O) groups is 5. The Hall–Kier alpha value is -2.85. The molecule has 4 aliphatic rings. The van der Waals surface area contributed by atoms with Gasteiger partial charge in [0, 0.05) is 50.6 Å². The summed E-state index contributed by atoms with van der Waals surface area (Å²) in [6.45, 7) is 2.42. The summed E-state index contributed by atoms with van der Waals surface area (Å²) >= 11 is 0. The lowest BCUT2D eigenvalue weighted by molar-refractivity contribution is -0.140. The van der Waals surface area contributed by atoms with Gasteiger partial charge in [0.1, 0.15) is 0 Å². The maximum Gasteiger partial charge on any atom is 0.315 e. The standard InChI is InChI=1S/C30H49N5O6/c1-19-6-3-4-7-24(19)33-30(41)32-21-11-9-20(10-12-21)16-26(36)31-22-13-14-25-23(17-22)29(40)35(15-5-8-28(38)39)18-27(37)34(25)2/h19-25H,3-18H2,1-2H3,(H,31,36)(H,38,39)(H2,32,33,41). The first-order valence-corrected chi connectivity index (χ1v) is 15.7. The Labute approximate surface area is 243 Å². The lowest BCUT2D eigenvalue weighted by Crippen LogP contribution is -2.51. The summed E-state index contributed by atoms with van der Waals surface area (Å²) in [4.78, 5) is 65.7. The zero-order chi connectivity index (χ0) is 29.5. The third-order valence-electron chi connectivity index (χ3n) is 9.93. The van der Waals surface area contributed by atoms with Gasteiger partial charge in [0.2, 0.25) is 17.7 Å². The van der Waals surface area contributed by atoms with Crippen molar-refractivity contribution >= 4 is 29.7 Å². The highest BCUT2D eigenvalue weighted by molar-refractivity contribution is 5.89. The van der Waals surface area contributed by atoms with E-state index in [1.807, 2.05) is 0 Å². The van der Waals surface area contributed by atoms with Gasteiger partial charge in [-0.15, -0.1) is 0 Å². The Bertz CT molecular complexity index is 967. The molecule has 0 radical (unpaired) electrons. The molecule has 11 nitrogen and oxygen atoms in total. The van der Waals surface area contributed by atoms with Crippen LogP contribution in [0.25, 0.3) is 0 Å². The molecule has 11 heteroatoms. The number of aliphatic carboxylic acids is 1. The summed E-state index contributed by atoms with van der Waals surface area (Å²) in [5.74, 6) is -0.782. The zero-order valence-electron chi connectivity index (χ0n) is 24.7. The summed E-state index contributed by atoms with van der Waals surface area (Å²) in [5.41, 5.74) is 0. The van der Waals surface area contributed by atoms with Gasteiger partial charge in [-0.1, -0.05) is 19.8 Å². The van der Waals surface area contributed by atoms with Crippen LogP contribution in [0.4, 0.5) is 4.79 Å². The van der Waals surface area contributed by atoms with Crippen LogP contribution in [0.3, 0.4) is 0 Å². The summed E-state index contributed by atoms with van der Waals surface area (Å²) < 4.78 is 0. The van der Waals surface area contributed by atoms with Crippen LogP contribution in [0.5, 0.6) is 0 Å². The maximum atomic E-state index is 13.4. The number of hydrogen-bond donors (Lipinski definition) is 4. The van der Waals surface area contributed by atoms with Crippen molar-refractivity contribution in [3.8, 4) is 0 Å². The lowest BCUT2D eigenvalue weighted by atomic mass is 9.79. The molecule has 5 amide bonds. The average molecular weight is 576 g/mol. The van der Waals surface area contributed by atoms with E-state index < -0.39 is 11.9 Å². The van der Waals surface area contributed by atoms with Gasteiger partial charge in [-0.2, -0.15) is 0 Å². The van der Waals surface area contributed by atoms with E-state index >= 15 is 0 Å². The molecule has 0 aromatic rings. The number of rotatable bonds is 9. The van der Waals surface area contributed by atoms with E-state index in [4.69, 9.17) is 5.11 Å². The molecule has 0 aromatic carbocycles. The normalized spacial score (nSPS) is 32.5. The fraction of sp³-hybridized carbons (Fsp3) is 0.833. The number of carbonyl (C=O) groups excluding carboxylic acids is 4. The molecule has 3 saturated carbocycles. The molecule has 0 spiro atoms. The summed E-state index contributed by atoms with van der Waals surface area (Å²) in [5, 5.41) is 18.4. The predicted octanol–water partition coefficient (Wildman–Crippen LogP) is 2.63. The highest BCUT2D eigenvalue weighted by Crippen LogP contribution is 2.33. The third kappa shape index (κ3) is 8.58. The SMILES string of the molecule is CC1CCCCC1NC(=O)NC1CCC(CC(=O)NC2CCC3C(C2)C(=O)N(CCCC(=O)O)CC(=O)N3C)CC1. The zero-order valence-corrected chi connectivity index (χ0v) is 24.7. The lowest BCUT2D eigenvalue weighted by Gasteiger charge is -2.39. The van der Waals surface area contributed by atoms with E-state index in [0.29, 0.717) is 38.0 Å². The van der Waals surface area contributed by atoms with Gasteiger partial charge in [0.25, 0.3) is 0 Å². The monoisotopic (exact) mass is 575 g/mol. The minimum absolute atomic E-state index is 0.00213. The van der Waals surface area contributed by atoms with Gasteiger partial charge in [-0.3, -0.25) is 19.2 Å². The van der Waals surface area contributed by atoms with Crippen LogP contribution >= 0.6 is 0 Å². The van der Waals surface area contributed by atoms with Crippen molar-refractivity contribution < 1.29 is 29.1 Å². The highest BCUT2D eigenvalue weighted by atomic mass is 16.4. The number of hydrogen-bond acceptors (Lipinski definition) is 5. The third-order valence-corrected chi connectivity index (χ3v) is 9.93. The molecular formula is C30H49N5O6. The second kappa shape index (κ2) is 14.4. The molecule has 4 rings (SSSR count). The van der Waals surface area contributed by atoms with Gasteiger partial charge in [0.15, 0.2) is 0 Å². The van der Waals surface area contributed by atoms with Crippen molar-refractivity contribution in [1.29, 1.82) is 0 Å². The number of amides is 5. The molecule has 4 N–H and O–H groups in total. The van der Waals surface area contributed by atoms with E-state index in [9.17, 15) is 24.0 Å². The molecular weight excluding hydrogens is 526 g/mol. The number of likely N-dealkylation sites (N-methyl/N-ethyl adjacent to an activating group) is 1. The van der Waals surface area contributed by atoms with Crippen LogP contribution in [0.1, 0.15) is 96.8 Å². The molecule has 230 valence electrons. The second-order valence-electron chi connectivity index (χ2n) is 12.9. The van der Waals surface area contributed by atoms with Crippen LogP contribution in [0, 0.1) is 17.8 Å². The molecule has 1 heterocycles. The van der Waals surface area contributed by atoms with Gasteiger partial charge < -0.3 is 30.9 Å². The molecule has 3 aliphatic carbocycles. The minimum atomic E-state index is -0.923. The summed E-state index contributed by atoms with van der Waals surface area (Å²) in [6, 6.07) is 0.00490. The van der Waals surface area contributed by atoms with E-state index in [1.54, 1.807) is 11.9 Å². The van der Waals surface area contributed by atoms with E-state index in [1.165, 1.54) is 24.2 Å². The van der Waals surface area contributed by atoms with Crippen LogP contribution in [0.2, 0.25) is 0 Å². The van der Waals surface area contributed by atoms with Crippen molar-refractivity contribution in [3.05, 3.63) is 0 Å². The van der Waals surface area contributed by atoms with Crippen LogP contribution in [0.15, 0.2) is 0 Å². The molecule has 1 saturated heterocycles. The smallest absolute Gasteiger partial charge is 0.315 e. The van der Waals surface area contributed by atoms with Crippen molar-refractivity contribution in [2.24, 2.45) is 17.8 Å².